The Hall–Kier alpha value is -3.24. The summed E-state index contributed by atoms with van der Waals surface area (Å²) in [6.07, 6.45) is -4.52. The highest BCUT2D eigenvalue weighted by Crippen LogP contribution is 2.30. The van der Waals surface area contributed by atoms with Crippen LogP contribution in [0.3, 0.4) is 0 Å². The third kappa shape index (κ3) is 6.21. The van der Waals surface area contributed by atoms with Gasteiger partial charge in [0.05, 0.1) is 23.3 Å². The molecule has 0 aliphatic carbocycles. The minimum absolute atomic E-state index is 0.0843. The van der Waals surface area contributed by atoms with Gasteiger partial charge in [-0.2, -0.15) is 13.2 Å². The first kappa shape index (κ1) is 25.4. The maximum absolute atomic E-state index is 13.3. The SMILES string of the molecule is COc1ccc(S(=O)(=O)N(CC(=O)NCc2cccc(C(F)(F)F)c2)c2cccc(Cl)c2)cc1. The second kappa shape index (κ2) is 10.4. The van der Waals surface area contributed by atoms with E-state index in [1.807, 2.05) is 0 Å². The van der Waals surface area contributed by atoms with E-state index in [1.165, 1.54) is 61.7 Å². The van der Waals surface area contributed by atoms with E-state index in [-0.39, 0.29) is 27.7 Å². The van der Waals surface area contributed by atoms with Crippen molar-refractivity contribution in [1.29, 1.82) is 0 Å². The molecule has 0 aromatic heterocycles. The van der Waals surface area contributed by atoms with Crippen LogP contribution in [0.2, 0.25) is 5.02 Å². The summed E-state index contributed by atoms with van der Waals surface area (Å²) in [4.78, 5) is 12.6. The van der Waals surface area contributed by atoms with Crippen LogP contribution in [0, 0.1) is 0 Å². The van der Waals surface area contributed by atoms with Crippen molar-refractivity contribution in [1.82, 2.24) is 5.32 Å². The quantitative estimate of drug-likeness (QED) is 0.467. The molecule has 1 amide bonds. The monoisotopic (exact) mass is 512 g/mol. The van der Waals surface area contributed by atoms with Gasteiger partial charge in [0.1, 0.15) is 12.3 Å². The lowest BCUT2D eigenvalue weighted by Crippen LogP contribution is -2.40. The molecule has 3 rings (SSSR count). The van der Waals surface area contributed by atoms with E-state index < -0.39 is 34.2 Å². The van der Waals surface area contributed by atoms with Gasteiger partial charge in [0.25, 0.3) is 10.0 Å². The van der Waals surface area contributed by atoms with E-state index >= 15 is 0 Å². The summed E-state index contributed by atoms with van der Waals surface area (Å²) in [5.41, 5.74) is -0.477. The third-order valence-corrected chi connectivity index (χ3v) is 6.80. The minimum atomic E-state index is -4.52. The summed E-state index contributed by atoms with van der Waals surface area (Å²) in [7, 11) is -2.75. The molecule has 3 aromatic rings. The summed E-state index contributed by atoms with van der Waals surface area (Å²) in [6, 6.07) is 16.1. The molecule has 0 spiro atoms. The Morgan fingerprint density at radius 2 is 1.71 bits per heavy atom. The normalized spacial score (nSPS) is 11.7. The number of methoxy groups -OCH3 is 1. The van der Waals surface area contributed by atoms with Gasteiger partial charge in [0.2, 0.25) is 5.91 Å². The molecule has 1 N–H and O–H groups in total. The number of sulfonamides is 1. The van der Waals surface area contributed by atoms with Crippen LogP contribution in [-0.2, 0) is 27.5 Å². The number of nitrogens with zero attached hydrogens (tertiary/aromatic N) is 1. The number of alkyl halides is 3. The van der Waals surface area contributed by atoms with Crippen LogP contribution < -0.4 is 14.4 Å². The van der Waals surface area contributed by atoms with Crippen LogP contribution in [0.5, 0.6) is 5.75 Å². The maximum atomic E-state index is 13.3. The summed E-state index contributed by atoms with van der Waals surface area (Å²) in [5, 5.41) is 2.73. The fraction of sp³-hybridized carbons (Fsp3) is 0.174. The molecule has 34 heavy (non-hydrogen) atoms. The highest BCUT2D eigenvalue weighted by atomic mass is 35.5. The Kier molecular flexibility index (Phi) is 7.73. The third-order valence-electron chi connectivity index (χ3n) is 4.77. The number of ether oxygens (including phenoxy) is 1. The Bertz CT molecular complexity index is 1270. The molecule has 0 heterocycles. The average Bonchev–Trinajstić information content (AvgIpc) is 2.80. The van der Waals surface area contributed by atoms with E-state index in [0.717, 1.165) is 16.4 Å². The van der Waals surface area contributed by atoms with E-state index in [9.17, 15) is 26.4 Å². The molecule has 11 heteroatoms. The van der Waals surface area contributed by atoms with Gasteiger partial charge in [-0.1, -0.05) is 29.8 Å². The highest BCUT2D eigenvalue weighted by Gasteiger charge is 2.30. The summed E-state index contributed by atoms with van der Waals surface area (Å²) < 4.78 is 71.4. The number of anilines is 1. The van der Waals surface area contributed by atoms with Crippen LogP contribution in [0.1, 0.15) is 11.1 Å². The predicted molar refractivity (Wildman–Crippen MR) is 122 cm³/mol. The van der Waals surface area contributed by atoms with Gasteiger partial charge in [0, 0.05) is 11.6 Å². The van der Waals surface area contributed by atoms with Gasteiger partial charge in [0.15, 0.2) is 0 Å². The molecule has 0 unspecified atom stereocenters. The van der Waals surface area contributed by atoms with Crippen molar-refractivity contribution in [3.05, 3.63) is 88.9 Å². The summed E-state index contributed by atoms with van der Waals surface area (Å²) in [5.74, 6) is -0.262. The van der Waals surface area contributed by atoms with Crippen LogP contribution in [0.25, 0.3) is 0 Å². The maximum Gasteiger partial charge on any atom is 0.416 e. The number of benzene rings is 3. The number of rotatable bonds is 8. The molecular weight excluding hydrogens is 493 g/mol. The first-order chi connectivity index (χ1) is 16.0. The Morgan fingerprint density at radius 1 is 1.03 bits per heavy atom. The number of hydrogen-bond donors (Lipinski definition) is 1. The van der Waals surface area contributed by atoms with E-state index in [0.29, 0.717) is 5.75 Å². The Morgan fingerprint density at radius 3 is 2.32 bits per heavy atom. The van der Waals surface area contributed by atoms with Crippen molar-refractivity contribution in [2.75, 3.05) is 18.0 Å². The second-order valence-corrected chi connectivity index (χ2v) is 9.44. The Labute approximate surface area is 200 Å². The van der Waals surface area contributed by atoms with Crippen LogP contribution in [-0.4, -0.2) is 28.0 Å². The lowest BCUT2D eigenvalue weighted by atomic mass is 10.1. The molecule has 0 saturated carbocycles. The number of nitrogens with one attached hydrogen (secondary N) is 1. The number of carbonyl (C=O) groups is 1. The van der Waals surface area contributed by atoms with Crippen molar-refractivity contribution in [2.24, 2.45) is 0 Å². The second-order valence-electron chi connectivity index (χ2n) is 7.14. The van der Waals surface area contributed by atoms with Crippen molar-refractivity contribution >= 4 is 33.2 Å². The summed E-state index contributed by atoms with van der Waals surface area (Å²) in [6.45, 7) is -0.831. The van der Waals surface area contributed by atoms with Gasteiger partial charge in [-0.25, -0.2) is 8.42 Å². The van der Waals surface area contributed by atoms with Crippen molar-refractivity contribution in [2.45, 2.75) is 17.6 Å². The van der Waals surface area contributed by atoms with Crippen LogP contribution >= 0.6 is 11.6 Å². The molecule has 0 saturated heterocycles. The molecule has 0 radical (unpaired) electrons. The minimum Gasteiger partial charge on any atom is -0.497 e. The molecule has 0 bridgehead atoms. The molecule has 180 valence electrons. The molecule has 0 fully saturated rings. The Balaban J connectivity index is 1.84. The first-order valence-corrected chi connectivity index (χ1v) is 11.7. The van der Waals surface area contributed by atoms with Gasteiger partial charge < -0.3 is 10.1 Å². The topological polar surface area (TPSA) is 75.7 Å². The molecule has 0 aliphatic heterocycles. The fourth-order valence-electron chi connectivity index (χ4n) is 3.07. The van der Waals surface area contributed by atoms with Gasteiger partial charge in [-0.05, 0) is 60.2 Å². The van der Waals surface area contributed by atoms with Crippen molar-refractivity contribution in [3.8, 4) is 5.75 Å². The summed E-state index contributed by atoms with van der Waals surface area (Å²) >= 11 is 6.02. The highest BCUT2D eigenvalue weighted by molar-refractivity contribution is 7.92. The number of carbonyl (C=O) groups excluding carboxylic acids is 1. The van der Waals surface area contributed by atoms with Crippen LogP contribution in [0.15, 0.2) is 77.7 Å². The average molecular weight is 513 g/mol. The first-order valence-electron chi connectivity index (χ1n) is 9.86. The van der Waals surface area contributed by atoms with E-state index in [2.05, 4.69) is 5.32 Å². The van der Waals surface area contributed by atoms with Crippen LogP contribution in [0.4, 0.5) is 18.9 Å². The van der Waals surface area contributed by atoms with Crippen molar-refractivity contribution < 1.29 is 31.1 Å². The lowest BCUT2D eigenvalue weighted by Gasteiger charge is -2.24. The zero-order valence-corrected chi connectivity index (χ0v) is 19.4. The largest absolute Gasteiger partial charge is 0.497 e. The van der Waals surface area contributed by atoms with Gasteiger partial charge in [-0.3, -0.25) is 9.10 Å². The zero-order valence-electron chi connectivity index (χ0n) is 17.8. The van der Waals surface area contributed by atoms with Gasteiger partial charge in [-0.15, -0.1) is 0 Å². The van der Waals surface area contributed by atoms with Gasteiger partial charge >= 0.3 is 6.18 Å². The van der Waals surface area contributed by atoms with Crippen molar-refractivity contribution in [3.63, 3.8) is 0 Å². The molecule has 0 aliphatic rings. The molecule has 6 nitrogen and oxygen atoms in total. The fourth-order valence-corrected chi connectivity index (χ4v) is 4.66. The molecular formula is C23H20ClF3N2O4S. The lowest BCUT2D eigenvalue weighted by molar-refractivity contribution is -0.137. The number of amides is 1. The molecule has 3 aromatic carbocycles. The van der Waals surface area contributed by atoms with E-state index in [4.69, 9.17) is 16.3 Å². The zero-order chi connectivity index (χ0) is 24.9. The predicted octanol–water partition coefficient (Wildman–Crippen LogP) is 4.88. The number of hydrogen-bond acceptors (Lipinski definition) is 4. The van der Waals surface area contributed by atoms with E-state index in [1.54, 1.807) is 6.07 Å². The standard InChI is InChI=1S/C23H20ClF3N2O4S/c1-33-20-8-10-21(11-9-20)34(31,32)29(19-7-3-6-18(24)13-19)15-22(30)28-14-16-4-2-5-17(12-16)23(25,26)27/h2-13H,14-15H2,1H3,(H,28,30). The number of halogens is 4. The smallest absolute Gasteiger partial charge is 0.416 e. The molecule has 0 atom stereocenters.